The van der Waals surface area contributed by atoms with E-state index in [9.17, 15) is 18.0 Å². The van der Waals surface area contributed by atoms with Gasteiger partial charge in [-0.1, -0.05) is 31.9 Å². The van der Waals surface area contributed by atoms with E-state index in [4.69, 9.17) is 9.47 Å². The third-order valence-electron chi connectivity index (χ3n) is 4.68. The number of nitrogens with zero attached hydrogens (tertiary/aromatic N) is 1. The zero-order valence-corrected chi connectivity index (χ0v) is 18.3. The van der Waals surface area contributed by atoms with E-state index in [1.165, 1.54) is 0 Å². The van der Waals surface area contributed by atoms with Gasteiger partial charge in [0.25, 0.3) is 0 Å². The molecule has 27 heavy (non-hydrogen) atoms. The molecule has 1 aromatic carbocycles. The summed E-state index contributed by atoms with van der Waals surface area (Å²) in [4.78, 5) is 14.3. The van der Waals surface area contributed by atoms with Crippen LogP contribution in [0.3, 0.4) is 0 Å². The Bertz CT molecular complexity index is 746. The lowest BCUT2D eigenvalue weighted by Crippen LogP contribution is -2.43. The van der Waals surface area contributed by atoms with Crippen molar-refractivity contribution in [3.8, 4) is 0 Å². The lowest BCUT2D eigenvalue weighted by Gasteiger charge is -2.29. The van der Waals surface area contributed by atoms with Gasteiger partial charge in [-0.15, -0.1) is 0 Å². The normalized spacial score (nSPS) is 26.5. The highest BCUT2D eigenvalue weighted by Crippen LogP contribution is 2.67. The van der Waals surface area contributed by atoms with E-state index in [0.717, 1.165) is 12.1 Å². The van der Waals surface area contributed by atoms with Crippen LogP contribution in [0.2, 0.25) is 0 Å². The number of halogens is 5. The van der Waals surface area contributed by atoms with Gasteiger partial charge in [0.1, 0.15) is 8.83 Å². The van der Waals surface area contributed by atoms with Crippen molar-refractivity contribution in [2.24, 2.45) is 0 Å². The Labute approximate surface area is 172 Å². The van der Waals surface area contributed by atoms with E-state index in [-0.39, 0.29) is 18.3 Å². The smallest absolute Gasteiger partial charge is 0.410 e. The topological polar surface area (TPSA) is 38.8 Å². The minimum absolute atomic E-state index is 0.0887. The van der Waals surface area contributed by atoms with Gasteiger partial charge >= 0.3 is 6.09 Å². The van der Waals surface area contributed by atoms with Crippen molar-refractivity contribution in [3.63, 3.8) is 0 Å². The summed E-state index contributed by atoms with van der Waals surface area (Å²) in [7, 11) is 0. The molecule has 1 aromatic rings. The van der Waals surface area contributed by atoms with Crippen molar-refractivity contribution in [3.05, 3.63) is 35.1 Å². The van der Waals surface area contributed by atoms with Crippen LogP contribution in [0.25, 0.3) is 0 Å². The molecule has 1 amide bonds. The molecule has 1 aliphatic carbocycles. The molecule has 1 saturated carbocycles. The molecule has 0 radical (unpaired) electrons. The van der Waals surface area contributed by atoms with E-state index in [2.05, 4.69) is 31.9 Å². The highest BCUT2D eigenvalue weighted by atomic mass is 79.9. The first kappa shape index (κ1) is 20.9. The number of ether oxygens (including phenoxy) is 2. The number of amides is 1. The molecule has 3 rings (SSSR count). The molecule has 2 unspecified atom stereocenters. The Morgan fingerprint density at radius 3 is 2.30 bits per heavy atom. The number of likely N-dealkylation sites (tertiary alicyclic amines) is 1. The van der Waals surface area contributed by atoms with Gasteiger partial charge in [-0.25, -0.2) is 18.0 Å². The van der Waals surface area contributed by atoms with E-state index in [1.54, 1.807) is 25.7 Å². The van der Waals surface area contributed by atoms with Crippen LogP contribution in [0, 0.1) is 17.5 Å². The Balaban J connectivity index is 1.69. The minimum Gasteiger partial charge on any atom is -0.444 e. The molecule has 2 fully saturated rings. The van der Waals surface area contributed by atoms with Gasteiger partial charge in [0.15, 0.2) is 17.5 Å². The number of hydrogen-bond donors (Lipinski definition) is 0. The number of hydrogen-bond acceptors (Lipinski definition) is 3. The minimum atomic E-state index is -1.50. The average Bonchev–Trinajstić information content (AvgIpc) is 2.87. The molecular formula is C18H20Br2F3NO3. The zero-order chi connectivity index (χ0) is 20.2. The van der Waals surface area contributed by atoms with Crippen molar-refractivity contribution in [1.82, 2.24) is 4.90 Å². The summed E-state index contributed by atoms with van der Waals surface area (Å²) in [6, 6.07) is 1.82. The SMILES string of the molecule is CC(C)(C)OC(=O)N1CC(OCc2cc(F)c(F)c(F)c2)CC12CC2(Br)Br. The molecule has 9 heteroatoms. The molecule has 1 aliphatic heterocycles. The molecule has 0 bridgehead atoms. The van der Waals surface area contributed by atoms with Crippen LogP contribution in [0.1, 0.15) is 39.2 Å². The van der Waals surface area contributed by atoms with Gasteiger partial charge in [-0.05, 0) is 38.5 Å². The molecule has 4 nitrogen and oxygen atoms in total. The summed E-state index contributed by atoms with van der Waals surface area (Å²) in [6.07, 6.45) is 0.437. The fourth-order valence-corrected chi connectivity index (χ4v) is 5.03. The molecule has 0 aromatic heterocycles. The maximum Gasteiger partial charge on any atom is 0.410 e. The first-order chi connectivity index (χ1) is 12.3. The quantitative estimate of drug-likeness (QED) is 0.408. The number of benzene rings is 1. The van der Waals surface area contributed by atoms with E-state index in [0.29, 0.717) is 19.4 Å². The van der Waals surface area contributed by atoms with E-state index >= 15 is 0 Å². The summed E-state index contributed by atoms with van der Waals surface area (Å²) < 4.78 is 50.6. The highest BCUT2D eigenvalue weighted by Gasteiger charge is 2.73. The van der Waals surface area contributed by atoms with Gasteiger partial charge in [-0.2, -0.15) is 0 Å². The van der Waals surface area contributed by atoms with Crippen LogP contribution in [-0.4, -0.2) is 38.0 Å². The summed E-state index contributed by atoms with van der Waals surface area (Å²) in [5.41, 5.74) is -0.925. The van der Waals surface area contributed by atoms with Crippen LogP contribution in [0.4, 0.5) is 18.0 Å². The van der Waals surface area contributed by atoms with Crippen molar-refractivity contribution in [1.29, 1.82) is 0 Å². The standard InChI is InChI=1S/C18H20Br2F3NO3/c1-16(2,3)27-15(25)24-7-11(6-17(24)9-18(17,19)20)26-8-10-4-12(21)14(23)13(22)5-10/h4-5,11H,6-9H2,1-3H3. The number of alkyl halides is 2. The Hall–Kier alpha value is -0.800. The molecule has 0 N–H and O–H groups in total. The Kier molecular flexibility index (Phi) is 5.36. The van der Waals surface area contributed by atoms with Gasteiger partial charge in [0.05, 0.1) is 24.8 Å². The van der Waals surface area contributed by atoms with Crippen LogP contribution >= 0.6 is 31.9 Å². The number of carbonyl (C=O) groups excluding carboxylic acids is 1. The predicted molar refractivity (Wildman–Crippen MR) is 100 cm³/mol. The third-order valence-corrected chi connectivity index (χ3v) is 6.72. The van der Waals surface area contributed by atoms with Gasteiger partial charge < -0.3 is 9.47 Å². The Morgan fingerprint density at radius 1 is 1.26 bits per heavy atom. The predicted octanol–water partition coefficient (Wildman–Crippen LogP) is 5.26. The fraction of sp³-hybridized carbons (Fsp3) is 0.611. The second kappa shape index (κ2) is 6.91. The van der Waals surface area contributed by atoms with Gasteiger partial charge in [0, 0.05) is 12.8 Å². The molecule has 150 valence electrons. The first-order valence-electron chi connectivity index (χ1n) is 8.48. The van der Waals surface area contributed by atoms with E-state index < -0.39 is 37.9 Å². The van der Waals surface area contributed by atoms with Crippen molar-refractivity contribution >= 4 is 38.0 Å². The third kappa shape index (κ3) is 4.15. The second-order valence-electron chi connectivity index (χ2n) is 8.01. The van der Waals surface area contributed by atoms with E-state index in [1.807, 2.05) is 0 Å². The summed E-state index contributed by atoms with van der Waals surface area (Å²) >= 11 is 7.16. The first-order valence-corrected chi connectivity index (χ1v) is 10.1. The summed E-state index contributed by atoms with van der Waals surface area (Å²) in [5.74, 6) is -4.01. The fourth-order valence-electron chi connectivity index (χ4n) is 3.35. The van der Waals surface area contributed by atoms with Gasteiger partial charge in [-0.3, -0.25) is 4.90 Å². The van der Waals surface area contributed by atoms with Crippen LogP contribution in [-0.2, 0) is 16.1 Å². The molecule has 2 aliphatic rings. The second-order valence-corrected chi connectivity index (χ2v) is 11.8. The largest absolute Gasteiger partial charge is 0.444 e. The van der Waals surface area contributed by atoms with Crippen LogP contribution < -0.4 is 0 Å². The van der Waals surface area contributed by atoms with Crippen molar-refractivity contribution in [2.75, 3.05) is 6.54 Å². The van der Waals surface area contributed by atoms with Crippen molar-refractivity contribution in [2.45, 2.75) is 60.7 Å². The van der Waals surface area contributed by atoms with Gasteiger partial charge in [0.2, 0.25) is 0 Å². The van der Waals surface area contributed by atoms with Crippen LogP contribution in [0.5, 0.6) is 0 Å². The highest BCUT2D eigenvalue weighted by molar-refractivity contribution is 9.25. The zero-order valence-electron chi connectivity index (χ0n) is 15.1. The molecular weight excluding hydrogens is 495 g/mol. The lowest BCUT2D eigenvalue weighted by molar-refractivity contribution is 0.0136. The van der Waals surface area contributed by atoms with Crippen LogP contribution in [0.15, 0.2) is 12.1 Å². The molecule has 1 spiro atoms. The molecule has 1 heterocycles. The molecule has 2 atom stereocenters. The molecule has 1 saturated heterocycles. The Morgan fingerprint density at radius 2 is 1.81 bits per heavy atom. The average molecular weight is 515 g/mol. The maximum atomic E-state index is 13.3. The maximum absolute atomic E-state index is 13.3. The number of carbonyl (C=O) groups is 1. The monoisotopic (exact) mass is 513 g/mol. The summed E-state index contributed by atoms with van der Waals surface area (Å²) in [6.45, 7) is 5.58. The number of rotatable bonds is 3. The lowest BCUT2D eigenvalue weighted by atomic mass is 10.1. The van der Waals surface area contributed by atoms with Crippen molar-refractivity contribution < 1.29 is 27.4 Å². The summed E-state index contributed by atoms with van der Waals surface area (Å²) in [5, 5.41) is 0.